The van der Waals surface area contributed by atoms with Gasteiger partial charge in [-0.25, -0.2) is 4.98 Å². The number of fused-ring (bicyclic) bond motifs is 1. The standard InChI is InChI=1S/C11H9N3S/c1-2-6-15-11-13-9-5-3-4-8(7-12)10(9)14-11/h2-5H,1,6H2,(H,13,14). The number of rotatable bonds is 3. The first-order chi connectivity index (χ1) is 7.35. The molecule has 0 radical (unpaired) electrons. The van der Waals surface area contributed by atoms with Gasteiger partial charge in [0.15, 0.2) is 5.16 Å². The molecular weight excluding hydrogens is 206 g/mol. The fraction of sp³-hybridized carbons (Fsp3) is 0.0909. The van der Waals surface area contributed by atoms with Crippen molar-refractivity contribution in [3.63, 3.8) is 0 Å². The van der Waals surface area contributed by atoms with Crippen LogP contribution in [0.1, 0.15) is 5.56 Å². The molecule has 0 bridgehead atoms. The second-order valence-electron chi connectivity index (χ2n) is 2.96. The number of nitrogens with one attached hydrogen (secondary N) is 1. The molecule has 0 atom stereocenters. The summed E-state index contributed by atoms with van der Waals surface area (Å²) >= 11 is 1.57. The van der Waals surface area contributed by atoms with Gasteiger partial charge in [-0.05, 0) is 12.1 Å². The molecule has 74 valence electrons. The lowest BCUT2D eigenvalue weighted by atomic mass is 10.2. The van der Waals surface area contributed by atoms with E-state index in [0.717, 1.165) is 21.9 Å². The monoisotopic (exact) mass is 215 g/mol. The Balaban J connectivity index is 2.46. The largest absolute Gasteiger partial charge is 0.333 e. The molecule has 0 saturated carbocycles. The molecule has 15 heavy (non-hydrogen) atoms. The lowest BCUT2D eigenvalue weighted by Gasteiger charge is -1.88. The zero-order chi connectivity index (χ0) is 10.7. The van der Waals surface area contributed by atoms with Gasteiger partial charge in [0.2, 0.25) is 0 Å². The summed E-state index contributed by atoms with van der Waals surface area (Å²) in [6.07, 6.45) is 1.82. The third kappa shape index (κ3) is 1.88. The number of hydrogen-bond donors (Lipinski definition) is 1. The molecule has 0 saturated heterocycles. The highest BCUT2D eigenvalue weighted by Gasteiger charge is 2.06. The normalized spacial score (nSPS) is 10.1. The van der Waals surface area contributed by atoms with Crippen LogP contribution >= 0.6 is 11.8 Å². The van der Waals surface area contributed by atoms with Crippen LogP contribution in [0.3, 0.4) is 0 Å². The van der Waals surface area contributed by atoms with Gasteiger partial charge in [0.25, 0.3) is 0 Å². The predicted molar refractivity (Wildman–Crippen MR) is 61.7 cm³/mol. The third-order valence-electron chi connectivity index (χ3n) is 1.95. The van der Waals surface area contributed by atoms with Crippen molar-refractivity contribution in [1.29, 1.82) is 5.26 Å². The summed E-state index contributed by atoms with van der Waals surface area (Å²) in [5.74, 6) is 0.807. The molecule has 0 aliphatic rings. The first kappa shape index (κ1) is 9.81. The molecule has 0 spiro atoms. The summed E-state index contributed by atoms with van der Waals surface area (Å²) in [6.45, 7) is 3.65. The number of H-pyrrole nitrogens is 1. The van der Waals surface area contributed by atoms with Gasteiger partial charge in [0, 0.05) is 5.75 Å². The minimum atomic E-state index is 0.606. The van der Waals surface area contributed by atoms with Crippen molar-refractivity contribution < 1.29 is 0 Å². The van der Waals surface area contributed by atoms with E-state index in [0.29, 0.717) is 5.56 Å². The molecule has 4 heteroatoms. The number of benzene rings is 1. The molecular formula is C11H9N3S. The maximum Gasteiger partial charge on any atom is 0.166 e. The SMILES string of the molecule is C=CCSc1nc2c(C#N)cccc2[nH]1. The van der Waals surface area contributed by atoms with Crippen LogP contribution in [0.5, 0.6) is 0 Å². The maximum atomic E-state index is 8.89. The highest BCUT2D eigenvalue weighted by molar-refractivity contribution is 7.99. The number of para-hydroxylation sites is 1. The topological polar surface area (TPSA) is 52.5 Å². The van der Waals surface area contributed by atoms with Crippen LogP contribution in [0.15, 0.2) is 36.0 Å². The van der Waals surface area contributed by atoms with Crippen LogP contribution in [-0.2, 0) is 0 Å². The Morgan fingerprint density at radius 3 is 3.20 bits per heavy atom. The van der Waals surface area contributed by atoms with Gasteiger partial charge in [-0.3, -0.25) is 0 Å². The van der Waals surface area contributed by atoms with E-state index in [1.165, 1.54) is 0 Å². The molecule has 1 aromatic heterocycles. The van der Waals surface area contributed by atoms with E-state index >= 15 is 0 Å². The first-order valence-electron chi connectivity index (χ1n) is 4.47. The minimum absolute atomic E-state index is 0.606. The fourth-order valence-electron chi connectivity index (χ4n) is 1.31. The number of aromatic nitrogens is 2. The molecule has 1 heterocycles. The van der Waals surface area contributed by atoms with E-state index in [9.17, 15) is 0 Å². The fourth-order valence-corrected chi connectivity index (χ4v) is 1.92. The molecule has 2 aromatic rings. The molecule has 0 amide bonds. The van der Waals surface area contributed by atoms with Gasteiger partial charge in [0.1, 0.15) is 11.6 Å². The highest BCUT2D eigenvalue weighted by Crippen LogP contribution is 2.21. The Bertz CT molecular complexity index is 536. The van der Waals surface area contributed by atoms with E-state index in [1.807, 2.05) is 18.2 Å². The quantitative estimate of drug-likeness (QED) is 0.632. The molecule has 0 unspecified atom stereocenters. The van der Waals surface area contributed by atoms with Crippen LogP contribution in [0.4, 0.5) is 0 Å². The molecule has 0 fully saturated rings. The van der Waals surface area contributed by atoms with Crippen LogP contribution in [0, 0.1) is 11.3 Å². The summed E-state index contributed by atoms with van der Waals surface area (Å²) in [7, 11) is 0. The Morgan fingerprint density at radius 2 is 2.47 bits per heavy atom. The smallest absolute Gasteiger partial charge is 0.166 e. The first-order valence-corrected chi connectivity index (χ1v) is 5.46. The number of nitrogens with zero attached hydrogens (tertiary/aromatic N) is 2. The van der Waals surface area contributed by atoms with Gasteiger partial charge in [0.05, 0.1) is 11.1 Å². The van der Waals surface area contributed by atoms with Gasteiger partial charge >= 0.3 is 0 Å². The predicted octanol–water partition coefficient (Wildman–Crippen LogP) is 2.71. The van der Waals surface area contributed by atoms with E-state index < -0.39 is 0 Å². The Morgan fingerprint density at radius 1 is 1.60 bits per heavy atom. The molecule has 1 N–H and O–H groups in total. The van der Waals surface area contributed by atoms with Crippen molar-refractivity contribution in [3.8, 4) is 6.07 Å². The Hall–Kier alpha value is -1.73. The number of hydrogen-bond acceptors (Lipinski definition) is 3. The number of thioether (sulfide) groups is 1. The second kappa shape index (κ2) is 4.20. The van der Waals surface area contributed by atoms with Crippen LogP contribution in [0.2, 0.25) is 0 Å². The van der Waals surface area contributed by atoms with E-state index in [4.69, 9.17) is 5.26 Å². The van der Waals surface area contributed by atoms with Crippen LogP contribution in [-0.4, -0.2) is 15.7 Å². The average molecular weight is 215 g/mol. The number of aromatic amines is 1. The third-order valence-corrected chi connectivity index (χ3v) is 2.82. The molecule has 2 rings (SSSR count). The van der Waals surface area contributed by atoms with Gasteiger partial charge in [-0.15, -0.1) is 6.58 Å². The Kier molecular flexibility index (Phi) is 2.75. The van der Waals surface area contributed by atoms with E-state index in [1.54, 1.807) is 17.8 Å². The average Bonchev–Trinajstić information content (AvgIpc) is 2.68. The van der Waals surface area contributed by atoms with Gasteiger partial charge < -0.3 is 4.98 Å². The zero-order valence-corrected chi connectivity index (χ0v) is 8.84. The molecule has 3 nitrogen and oxygen atoms in total. The Labute approximate surface area is 91.8 Å². The maximum absolute atomic E-state index is 8.89. The van der Waals surface area contributed by atoms with Crippen molar-refractivity contribution in [3.05, 3.63) is 36.4 Å². The van der Waals surface area contributed by atoms with Crippen molar-refractivity contribution in [2.45, 2.75) is 5.16 Å². The lowest BCUT2D eigenvalue weighted by molar-refractivity contribution is 1.08. The zero-order valence-electron chi connectivity index (χ0n) is 8.03. The molecule has 0 aliphatic carbocycles. The molecule has 0 aliphatic heterocycles. The second-order valence-corrected chi connectivity index (χ2v) is 3.96. The highest BCUT2D eigenvalue weighted by atomic mass is 32.2. The lowest BCUT2D eigenvalue weighted by Crippen LogP contribution is -1.77. The van der Waals surface area contributed by atoms with Crippen molar-refractivity contribution >= 4 is 22.8 Å². The summed E-state index contributed by atoms with van der Waals surface area (Å²) in [5, 5.41) is 9.72. The summed E-state index contributed by atoms with van der Waals surface area (Å²) < 4.78 is 0. The van der Waals surface area contributed by atoms with Gasteiger partial charge in [-0.2, -0.15) is 5.26 Å². The summed E-state index contributed by atoms with van der Waals surface area (Å²) in [5.41, 5.74) is 2.25. The summed E-state index contributed by atoms with van der Waals surface area (Å²) in [6, 6.07) is 7.66. The van der Waals surface area contributed by atoms with Crippen molar-refractivity contribution in [2.75, 3.05) is 5.75 Å². The van der Waals surface area contributed by atoms with Gasteiger partial charge in [-0.1, -0.05) is 23.9 Å². The van der Waals surface area contributed by atoms with E-state index in [2.05, 4.69) is 22.6 Å². The molecule has 1 aromatic carbocycles. The van der Waals surface area contributed by atoms with Crippen LogP contribution in [0.25, 0.3) is 11.0 Å². The van der Waals surface area contributed by atoms with Crippen molar-refractivity contribution in [2.24, 2.45) is 0 Å². The van der Waals surface area contributed by atoms with Crippen LogP contribution < -0.4 is 0 Å². The minimum Gasteiger partial charge on any atom is -0.333 e. The summed E-state index contributed by atoms with van der Waals surface area (Å²) in [4.78, 5) is 7.52. The van der Waals surface area contributed by atoms with Crippen molar-refractivity contribution in [1.82, 2.24) is 9.97 Å². The van der Waals surface area contributed by atoms with E-state index in [-0.39, 0.29) is 0 Å². The number of imidazole rings is 1. The number of nitriles is 1.